The van der Waals surface area contributed by atoms with Crippen LogP contribution in [0.15, 0.2) is 30.3 Å². The maximum absolute atomic E-state index is 6.59. The monoisotopic (exact) mass is 303 g/mol. The normalized spacial score (nSPS) is 15.3. The zero-order valence-electron chi connectivity index (χ0n) is 14.0. The van der Waals surface area contributed by atoms with Crippen molar-refractivity contribution in [3.63, 3.8) is 0 Å². The second-order valence-electron chi connectivity index (χ2n) is 7.12. The van der Waals surface area contributed by atoms with Crippen LogP contribution >= 0.6 is 0 Å². The largest absolute Gasteiger partial charge is 0.408 e. The Hall–Kier alpha value is -1.08. The van der Waals surface area contributed by atoms with Crippen LogP contribution in [0.1, 0.15) is 45.3 Å². The first kappa shape index (κ1) is 18.0. The van der Waals surface area contributed by atoms with Crippen molar-refractivity contribution in [2.24, 2.45) is 5.73 Å². The second kappa shape index (κ2) is 7.26. The fraction of sp³-hybridized carbons (Fsp3) is 0.556. The summed E-state index contributed by atoms with van der Waals surface area (Å²) >= 11 is 0. The Morgan fingerprint density at radius 2 is 1.81 bits per heavy atom. The molecule has 0 aliphatic rings. The highest BCUT2D eigenvalue weighted by atomic mass is 28.4. The molecule has 0 spiro atoms. The highest BCUT2D eigenvalue weighted by Crippen LogP contribution is 2.40. The van der Waals surface area contributed by atoms with E-state index in [2.05, 4.69) is 51.9 Å². The molecule has 2 atom stereocenters. The van der Waals surface area contributed by atoms with Crippen LogP contribution in [0, 0.1) is 12.3 Å². The third-order valence-corrected chi connectivity index (χ3v) is 8.82. The molecule has 0 heterocycles. The summed E-state index contributed by atoms with van der Waals surface area (Å²) in [4.78, 5) is 0. The number of rotatable bonds is 6. The summed E-state index contributed by atoms with van der Waals surface area (Å²) in [5.41, 5.74) is 7.53. The first-order valence-electron chi connectivity index (χ1n) is 7.61. The molecule has 3 heteroatoms. The zero-order valence-corrected chi connectivity index (χ0v) is 15.0. The van der Waals surface area contributed by atoms with Crippen molar-refractivity contribution in [1.29, 1.82) is 0 Å². The molecule has 1 aromatic rings. The Balaban J connectivity index is 3.01. The molecule has 1 rings (SSSR count). The molecule has 0 aromatic heterocycles. The lowest BCUT2D eigenvalue weighted by atomic mass is 9.99. The van der Waals surface area contributed by atoms with E-state index in [0.717, 1.165) is 12.0 Å². The molecule has 0 saturated carbocycles. The number of terminal acetylenes is 1. The lowest BCUT2D eigenvalue weighted by Gasteiger charge is -2.41. The van der Waals surface area contributed by atoms with E-state index in [1.165, 1.54) is 0 Å². The van der Waals surface area contributed by atoms with Gasteiger partial charge in [-0.3, -0.25) is 0 Å². The van der Waals surface area contributed by atoms with Gasteiger partial charge in [0.1, 0.15) is 0 Å². The van der Waals surface area contributed by atoms with E-state index in [9.17, 15) is 0 Å². The Morgan fingerprint density at radius 1 is 1.24 bits per heavy atom. The van der Waals surface area contributed by atoms with Gasteiger partial charge in [-0.15, -0.1) is 12.3 Å². The highest BCUT2D eigenvalue weighted by molar-refractivity contribution is 6.74. The van der Waals surface area contributed by atoms with Crippen molar-refractivity contribution >= 4 is 8.32 Å². The Kier molecular flexibility index (Phi) is 6.21. The van der Waals surface area contributed by atoms with Crippen LogP contribution in [0.5, 0.6) is 0 Å². The van der Waals surface area contributed by atoms with Gasteiger partial charge in [-0.1, -0.05) is 51.1 Å². The molecule has 21 heavy (non-hydrogen) atoms. The summed E-state index contributed by atoms with van der Waals surface area (Å²) in [5.74, 6) is 2.67. The van der Waals surface area contributed by atoms with Crippen LogP contribution < -0.4 is 5.73 Å². The number of hydrogen-bond acceptors (Lipinski definition) is 2. The maximum Gasteiger partial charge on any atom is 0.192 e. The summed E-state index contributed by atoms with van der Waals surface area (Å²) in [6.07, 6.45) is 6.76. The van der Waals surface area contributed by atoms with Gasteiger partial charge in [0, 0.05) is 12.5 Å². The first-order valence-corrected chi connectivity index (χ1v) is 10.5. The number of nitrogens with two attached hydrogens (primary N) is 1. The summed E-state index contributed by atoms with van der Waals surface area (Å²) in [5, 5.41) is 0.159. The SMILES string of the molecule is C#CCCC(N)[C@H](O[Si](C)(C)C(C)(C)C)c1ccccc1. The molecule has 0 amide bonds. The van der Waals surface area contributed by atoms with Gasteiger partial charge in [-0.25, -0.2) is 0 Å². The molecule has 1 aromatic carbocycles. The third-order valence-electron chi connectivity index (χ3n) is 4.37. The van der Waals surface area contributed by atoms with E-state index in [4.69, 9.17) is 16.6 Å². The standard InChI is InChI=1S/C18H29NOSi/c1-7-8-14-16(19)17(15-12-10-9-11-13-15)20-21(5,6)18(2,3)4/h1,9-13,16-17H,8,14,19H2,2-6H3/t16?,17-/m1/s1. The second-order valence-corrected chi connectivity index (χ2v) is 11.9. The van der Waals surface area contributed by atoms with Crippen LogP contribution in [0.2, 0.25) is 18.1 Å². The van der Waals surface area contributed by atoms with Gasteiger partial charge >= 0.3 is 0 Å². The smallest absolute Gasteiger partial charge is 0.192 e. The van der Waals surface area contributed by atoms with Gasteiger partial charge in [0.05, 0.1) is 6.10 Å². The quantitative estimate of drug-likeness (QED) is 0.621. The molecule has 1 unspecified atom stereocenters. The summed E-state index contributed by atoms with van der Waals surface area (Å²) in [6.45, 7) is 11.3. The van der Waals surface area contributed by atoms with E-state index in [1.807, 2.05) is 18.2 Å². The first-order chi connectivity index (χ1) is 9.69. The average molecular weight is 304 g/mol. The molecule has 0 aliphatic carbocycles. The predicted molar refractivity (Wildman–Crippen MR) is 93.5 cm³/mol. The molecule has 0 fully saturated rings. The van der Waals surface area contributed by atoms with Gasteiger partial charge in [-0.2, -0.15) is 0 Å². The summed E-state index contributed by atoms with van der Waals surface area (Å²) in [6, 6.07) is 10.2. The van der Waals surface area contributed by atoms with Crippen molar-refractivity contribution in [2.75, 3.05) is 0 Å². The Labute approximate surface area is 131 Å². The number of benzene rings is 1. The van der Waals surface area contributed by atoms with Gasteiger partial charge in [0.15, 0.2) is 8.32 Å². The lowest BCUT2D eigenvalue weighted by molar-refractivity contribution is 0.150. The van der Waals surface area contributed by atoms with Gasteiger partial charge < -0.3 is 10.2 Å². The van der Waals surface area contributed by atoms with Crippen molar-refractivity contribution in [3.8, 4) is 12.3 Å². The molecule has 2 N–H and O–H groups in total. The molecular formula is C18H29NOSi. The van der Waals surface area contributed by atoms with Crippen LogP contribution in [-0.2, 0) is 4.43 Å². The highest BCUT2D eigenvalue weighted by Gasteiger charge is 2.40. The zero-order chi connectivity index (χ0) is 16.1. The predicted octanol–water partition coefficient (Wildman–Crippen LogP) is 4.49. The topological polar surface area (TPSA) is 35.2 Å². The fourth-order valence-electron chi connectivity index (χ4n) is 1.94. The molecule has 0 saturated heterocycles. The van der Waals surface area contributed by atoms with Gasteiger partial charge in [-0.05, 0) is 30.1 Å². The molecule has 2 nitrogen and oxygen atoms in total. The van der Waals surface area contributed by atoms with Crippen LogP contribution in [0.3, 0.4) is 0 Å². The minimum Gasteiger partial charge on any atom is -0.408 e. The Morgan fingerprint density at radius 3 is 2.29 bits per heavy atom. The molecule has 0 aliphatic heterocycles. The van der Waals surface area contributed by atoms with E-state index in [0.29, 0.717) is 6.42 Å². The van der Waals surface area contributed by atoms with Crippen molar-refractivity contribution in [3.05, 3.63) is 35.9 Å². The lowest BCUT2D eigenvalue weighted by Crippen LogP contribution is -2.45. The molecular weight excluding hydrogens is 274 g/mol. The summed E-state index contributed by atoms with van der Waals surface area (Å²) < 4.78 is 6.59. The average Bonchev–Trinajstić information content (AvgIpc) is 2.42. The van der Waals surface area contributed by atoms with Crippen molar-refractivity contribution in [2.45, 2.75) is 63.9 Å². The van der Waals surface area contributed by atoms with E-state index < -0.39 is 8.32 Å². The minimum atomic E-state index is -1.88. The molecule has 116 valence electrons. The summed E-state index contributed by atoms with van der Waals surface area (Å²) in [7, 11) is -1.88. The third kappa shape index (κ3) is 5.00. The van der Waals surface area contributed by atoms with Crippen LogP contribution in [0.4, 0.5) is 0 Å². The Bertz CT molecular complexity index is 470. The number of hydrogen-bond donors (Lipinski definition) is 1. The van der Waals surface area contributed by atoms with Crippen molar-refractivity contribution < 1.29 is 4.43 Å². The van der Waals surface area contributed by atoms with E-state index in [1.54, 1.807) is 0 Å². The molecule has 0 radical (unpaired) electrons. The van der Waals surface area contributed by atoms with Crippen LogP contribution in [0.25, 0.3) is 0 Å². The van der Waals surface area contributed by atoms with Gasteiger partial charge in [0.2, 0.25) is 0 Å². The van der Waals surface area contributed by atoms with Crippen molar-refractivity contribution in [1.82, 2.24) is 0 Å². The van der Waals surface area contributed by atoms with Crippen LogP contribution in [-0.4, -0.2) is 14.4 Å². The molecule has 0 bridgehead atoms. The minimum absolute atomic E-state index is 0.0717. The van der Waals surface area contributed by atoms with Gasteiger partial charge in [0.25, 0.3) is 0 Å². The van der Waals surface area contributed by atoms with E-state index >= 15 is 0 Å². The maximum atomic E-state index is 6.59. The fourth-order valence-corrected chi connectivity index (χ4v) is 3.24. The van der Waals surface area contributed by atoms with E-state index in [-0.39, 0.29) is 17.2 Å².